The van der Waals surface area contributed by atoms with Gasteiger partial charge in [0.05, 0.1) is 0 Å². The predicted molar refractivity (Wildman–Crippen MR) is 90.0 cm³/mol. The number of allylic oxidation sites excluding steroid dienone is 4. The molecule has 0 aromatic carbocycles. The molecule has 0 spiro atoms. The van der Waals surface area contributed by atoms with E-state index >= 15 is 0 Å². The van der Waals surface area contributed by atoms with Crippen molar-refractivity contribution >= 4 is 35.1 Å². The van der Waals surface area contributed by atoms with Gasteiger partial charge in [0.2, 0.25) is 0 Å². The van der Waals surface area contributed by atoms with Crippen LogP contribution >= 0.6 is 35.1 Å². The standard InChI is InChI=1S/C5H5.C2H7OP.5CH3.2BrH.Ir/c1-2-4-5-3-1;1-4(2)3;;;;;;;;/h1-3H,4H2;3H,1-2H3;5*1H3;2*1H;/q;;;;;;;;;+2/p-2. The first-order valence-corrected chi connectivity index (χ1v) is 30.7. The van der Waals surface area contributed by atoms with Crippen LogP contribution in [0.15, 0.2) is 22.3 Å². The van der Waals surface area contributed by atoms with Crippen LogP contribution in [0.5, 0.6) is 0 Å². The van der Waals surface area contributed by atoms with Crippen LogP contribution in [0.1, 0.15) is 6.42 Å². The van der Waals surface area contributed by atoms with Crippen LogP contribution in [-0.2, 0) is 6.46 Å². The Morgan fingerprint density at radius 3 is 1.59 bits per heavy atom. The molecule has 1 aliphatic carbocycles. The first-order valence-electron chi connectivity index (χ1n) is 4.90. The van der Waals surface area contributed by atoms with Crippen molar-refractivity contribution in [2.75, 3.05) is 13.3 Å². The minimum atomic E-state index is -4.09. The van der Waals surface area contributed by atoms with Crippen molar-refractivity contribution in [1.82, 2.24) is 0 Å². The molecular formula is C12H27Br2IrOP. The van der Waals surface area contributed by atoms with Crippen LogP contribution < -0.4 is 0 Å². The molecule has 1 aliphatic rings. The summed E-state index contributed by atoms with van der Waals surface area (Å²) in [4.78, 5) is 8.12. The van der Waals surface area contributed by atoms with Crippen molar-refractivity contribution in [3.05, 3.63) is 22.3 Å². The van der Waals surface area contributed by atoms with Crippen LogP contribution in [0.3, 0.4) is 0 Å². The maximum absolute atomic E-state index is 8.12. The van der Waals surface area contributed by atoms with Gasteiger partial charge in [-0.1, -0.05) is 0 Å². The average molecular weight is 570 g/mol. The molecular weight excluding hydrogens is 543 g/mol. The second kappa shape index (κ2) is 3.05. The second-order valence-corrected chi connectivity index (χ2v) is 109. The Morgan fingerprint density at radius 1 is 1.12 bits per heavy atom. The topological polar surface area (TPSA) is 20.2 Å². The Hall–Kier alpha value is 1.48. The van der Waals surface area contributed by atoms with Gasteiger partial charge < -0.3 is 4.89 Å². The van der Waals surface area contributed by atoms with Gasteiger partial charge in [0.1, 0.15) is 0 Å². The van der Waals surface area contributed by atoms with Gasteiger partial charge in [-0.2, -0.15) is 0 Å². The first-order chi connectivity index (χ1) is 6.73. The molecule has 0 atom stereocenters. The minimum absolute atomic E-state index is 0.620. The van der Waals surface area contributed by atoms with Crippen molar-refractivity contribution in [2.24, 2.45) is 0 Å². The summed E-state index contributed by atoms with van der Waals surface area (Å²) in [5.74, 6) is 0. The molecule has 5 heteroatoms. The second-order valence-electron chi connectivity index (χ2n) is 7.66. The fraction of sp³-hybridized carbons (Fsp3) is 0.667. The van der Waals surface area contributed by atoms with Crippen LogP contribution in [0.2, 0.25) is 27.2 Å². The molecule has 0 saturated carbocycles. The van der Waals surface area contributed by atoms with E-state index in [1.54, 1.807) is 13.3 Å². The number of hydrogen-bond donors (Lipinski definition) is 1. The van der Waals surface area contributed by atoms with E-state index in [-0.39, 0.29) is 0 Å². The van der Waals surface area contributed by atoms with Gasteiger partial charge in [0.15, 0.2) is 0 Å². The van der Waals surface area contributed by atoms with Gasteiger partial charge in [-0.05, 0) is 13.3 Å². The zero-order valence-electron chi connectivity index (χ0n) is 11.9. The molecule has 0 saturated heterocycles. The van der Waals surface area contributed by atoms with Crippen molar-refractivity contribution in [3.8, 4) is 0 Å². The van der Waals surface area contributed by atoms with Gasteiger partial charge in [0.25, 0.3) is 0 Å². The summed E-state index contributed by atoms with van der Waals surface area (Å²) >= 11 is 8.19. The Kier molecular flexibility index (Phi) is 3.31. The summed E-state index contributed by atoms with van der Waals surface area (Å²) in [6.45, 7) is -0.520. The fourth-order valence-electron chi connectivity index (χ4n) is 1.12. The molecule has 0 bridgehead atoms. The van der Waals surface area contributed by atoms with E-state index in [0.717, 1.165) is 6.42 Å². The Labute approximate surface area is 115 Å². The van der Waals surface area contributed by atoms with Crippen LogP contribution in [0.25, 0.3) is 0 Å². The van der Waals surface area contributed by atoms with Gasteiger partial charge in [-0.25, -0.2) is 0 Å². The van der Waals surface area contributed by atoms with Crippen molar-refractivity contribution in [3.63, 3.8) is 0 Å². The molecule has 0 aromatic rings. The first kappa shape index (κ1) is 18.5. The number of hydrogen-bond acceptors (Lipinski definition) is 1. The van der Waals surface area contributed by atoms with Crippen LogP contribution in [0, 0.1) is 0 Å². The monoisotopic (exact) mass is 569 g/mol. The normalized spacial score (nSPS) is 24.8. The molecule has 1 N–H and O–H groups in total. The fourth-order valence-corrected chi connectivity index (χ4v) is 9.96. The summed E-state index contributed by atoms with van der Waals surface area (Å²) in [5, 5.41) is 0. The molecule has 0 unspecified atom stereocenters. The molecule has 1 nitrogen and oxygen atoms in total. The van der Waals surface area contributed by atoms with Gasteiger partial charge in [0, 0.05) is 8.15 Å². The van der Waals surface area contributed by atoms with Crippen LogP contribution in [0.4, 0.5) is 0 Å². The van der Waals surface area contributed by atoms with E-state index in [2.05, 4.69) is 72.4 Å². The molecule has 0 amide bonds. The molecule has 17 heavy (non-hydrogen) atoms. The Morgan fingerprint density at radius 2 is 1.47 bits per heavy atom. The molecule has 0 heterocycles. The molecule has 0 fully saturated rings. The number of halogens is 2. The van der Waals surface area contributed by atoms with E-state index in [1.165, 1.54) is 4.09 Å². The summed E-state index contributed by atoms with van der Waals surface area (Å²) in [6, 6.07) is 0. The molecule has 0 radical (unpaired) electrons. The molecule has 1 rings (SSSR count). The van der Waals surface area contributed by atoms with Gasteiger partial charge in [-0.15, -0.1) is 0 Å². The van der Waals surface area contributed by atoms with Crippen LogP contribution in [-0.4, -0.2) is 18.2 Å². The van der Waals surface area contributed by atoms with Crippen molar-refractivity contribution in [1.29, 1.82) is 0 Å². The summed E-state index contributed by atoms with van der Waals surface area (Å²) in [7, 11) is -0.620. The number of rotatable bonds is 1. The van der Waals surface area contributed by atoms with E-state index in [1.807, 2.05) is 0 Å². The van der Waals surface area contributed by atoms with Crippen molar-refractivity contribution < 1.29 is 11.4 Å². The Bertz CT molecular complexity index is 392. The third-order valence-electron chi connectivity index (χ3n) is 1.94. The predicted octanol–water partition coefficient (Wildman–Crippen LogP) is 6.62. The third kappa shape index (κ3) is 8.29. The Balaban J connectivity index is 0.000000557. The summed E-state index contributed by atoms with van der Waals surface area (Å²) < 4.78 is 1.48. The third-order valence-corrected chi connectivity index (χ3v) is 17.2. The van der Waals surface area contributed by atoms with Gasteiger partial charge in [-0.3, -0.25) is 0 Å². The zero-order valence-corrected chi connectivity index (χ0v) is 18.4. The molecule has 0 aromatic heterocycles. The summed E-state index contributed by atoms with van der Waals surface area (Å²) in [5.41, 5.74) is 11.7. The zero-order chi connectivity index (χ0) is 14.3. The maximum atomic E-state index is 8.12. The van der Waals surface area contributed by atoms with Crippen molar-refractivity contribution in [2.45, 2.75) is 33.6 Å². The van der Waals surface area contributed by atoms with Gasteiger partial charge >= 0.3 is 89.4 Å². The van der Waals surface area contributed by atoms with E-state index in [4.69, 9.17) is 4.89 Å². The quantitative estimate of drug-likeness (QED) is 0.352. The molecule has 109 valence electrons. The summed E-state index contributed by atoms with van der Waals surface area (Å²) in [6.07, 6.45) is 7.64. The van der Waals surface area contributed by atoms with E-state index < -0.39 is 14.6 Å². The van der Waals surface area contributed by atoms with E-state index in [9.17, 15) is 0 Å². The SMILES string of the molecule is CP(C)O.[CH3][Ir]([CH3])([CH3])([CH3])([CH3])([Br])([Br])[C]1=CC=CC1. The molecule has 0 aliphatic heterocycles. The average Bonchev–Trinajstić information content (AvgIpc) is 2.24. The van der Waals surface area contributed by atoms with E-state index in [0.29, 0.717) is 0 Å².